The van der Waals surface area contributed by atoms with Crippen LogP contribution < -0.4 is 16.4 Å². The average molecular weight is 416 g/mol. The molecule has 0 aliphatic rings. The Bertz CT molecular complexity index is 713. The van der Waals surface area contributed by atoms with Crippen molar-refractivity contribution in [3.63, 3.8) is 0 Å². The molecule has 1 unspecified atom stereocenters. The summed E-state index contributed by atoms with van der Waals surface area (Å²) >= 11 is 4.16. The number of nitrogens with one attached hydrogen (secondary N) is 2. The number of anilines is 1. The number of aryl methyl sites for hydroxylation is 1. The Balaban J connectivity index is 0.00000312. The number of hydrogen-bond donors (Lipinski definition) is 4. The van der Waals surface area contributed by atoms with Gasteiger partial charge < -0.3 is 16.4 Å². The summed E-state index contributed by atoms with van der Waals surface area (Å²) in [6.07, 6.45) is 0. The fourth-order valence-corrected chi connectivity index (χ4v) is 2.50. The number of amides is 1. The molecule has 0 radical (unpaired) electrons. The maximum atomic E-state index is 12.5. The number of thiol groups is 1. The molecule has 2 aromatic carbocycles. The summed E-state index contributed by atoms with van der Waals surface area (Å²) in [6.45, 7) is 5.41. The smallest absolute Gasteiger partial charge is 0.255 e. The summed E-state index contributed by atoms with van der Waals surface area (Å²) in [5, 5.41) is 6.27. The van der Waals surface area contributed by atoms with Gasteiger partial charge in [0.25, 0.3) is 5.91 Å². The molecule has 0 heterocycles. The standard InChI is InChI=1S/C19H25N3OS.2ClH/c1-13-5-3-8-18(14(13)2)22-19(23)16-7-4-6-15(9-16)10-21-11-17(20)12-24;;/h3-9,17,21,24H,10-12,20H2,1-2H3,(H,22,23);2*1H. The molecule has 0 spiro atoms. The van der Waals surface area contributed by atoms with Crippen LogP contribution in [0.15, 0.2) is 42.5 Å². The van der Waals surface area contributed by atoms with E-state index >= 15 is 0 Å². The van der Waals surface area contributed by atoms with Gasteiger partial charge in [-0.25, -0.2) is 0 Å². The van der Waals surface area contributed by atoms with Crippen LogP contribution in [0.25, 0.3) is 0 Å². The normalized spacial score (nSPS) is 11.1. The fraction of sp³-hybridized carbons (Fsp3) is 0.316. The lowest BCUT2D eigenvalue weighted by atomic mass is 10.1. The van der Waals surface area contributed by atoms with E-state index in [1.807, 2.05) is 56.3 Å². The van der Waals surface area contributed by atoms with Crippen molar-refractivity contribution < 1.29 is 4.79 Å². The Morgan fingerprint density at radius 2 is 1.85 bits per heavy atom. The van der Waals surface area contributed by atoms with Gasteiger partial charge in [0, 0.05) is 36.1 Å². The number of halogens is 2. The molecule has 2 aromatic rings. The third-order valence-electron chi connectivity index (χ3n) is 4.01. The molecule has 2 rings (SSSR count). The van der Waals surface area contributed by atoms with Gasteiger partial charge in [0.05, 0.1) is 0 Å². The van der Waals surface area contributed by atoms with Crippen LogP contribution in [-0.4, -0.2) is 24.2 Å². The minimum absolute atomic E-state index is 0. The van der Waals surface area contributed by atoms with Crippen LogP contribution in [0.3, 0.4) is 0 Å². The van der Waals surface area contributed by atoms with E-state index in [4.69, 9.17) is 5.73 Å². The quantitative estimate of drug-likeness (QED) is 0.520. The van der Waals surface area contributed by atoms with Gasteiger partial charge in [0.15, 0.2) is 0 Å². The summed E-state index contributed by atoms with van der Waals surface area (Å²) in [6, 6.07) is 13.6. The molecule has 1 atom stereocenters. The molecule has 4 N–H and O–H groups in total. The fourth-order valence-electron chi connectivity index (χ4n) is 2.37. The first-order valence-electron chi connectivity index (χ1n) is 8.05. The van der Waals surface area contributed by atoms with E-state index in [1.54, 1.807) is 0 Å². The van der Waals surface area contributed by atoms with E-state index in [2.05, 4.69) is 23.3 Å². The predicted octanol–water partition coefficient (Wildman–Crippen LogP) is 3.75. The van der Waals surface area contributed by atoms with Crippen LogP contribution in [-0.2, 0) is 6.54 Å². The van der Waals surface area contributed by atoms with E-state index in [-0.39, 0.29) is 36.8 Å². The van der Waals surface area contributed by atoms with Crippen LogP contribution >= 0.6 is 37.4 Å². The number of hydrogen-bond acceptors (Lipinski definition) is 4. The van der Waals surface area contributed by atoms with Crippen molar-refractivity contribution in [2.75, 3.05) is 17.6 Å². The molecular formula is C19H27Cl2N3OS. The van der Waals surface area contributed by atoms with Crippen LogP contribution in [0.1, 0.15) is 27.0 Å². The molecule has 4 nitrogen and oxygen atoms in total. The van der Waals surface area contributed by atoms with E-state index < -0.39 is 0 Å². The molecule has 0 aliphatic carbocycles. The second-order valence-electron chi connectivity index (χ2n) is 5.98. The highest BCUT2D eigenvalue weighted by Gasteiger charge is 2.09. The van der Waals surface area contributed by atoms with Crippen molar-refractivity contribution in [1.82, 2.24) is 5.32 Å². The topological polar surface area (TPSA) is 67.2 Å². The lowest BCUT2D eigenvalue weighted by Crippen LogP contribution is -2.34. The Morgan fingerprint density at radius 3 is 2.54 bits per heavy atom. The highest BCUT2D eigenvalue weighted by Crippen LogP contribution is 2.19. The van der Waals surface area contributed by atoms with Crippen LogP contribution in [0.5, 0.6) is 0 Å². The molecule has 0 fully saturated rings. The van der Waals surface area contributed by atoms with Gasteiger partial charge in [-0.1, -0.05) is 24.3 Å². The third-order valence-corrected chi connectivity index (χ3v) is 4.48. The Labute approximate surface area is 173 Å². The minimum Gasteiger partial charge on any atom is -0.326 e. The molecule has 0 bridgehead atoms. The number of nitrogens with two attached hydrogens (primary N) is 1. The molecule has 0 aliphatic heterocycles. The van der Waals surface area contributed by atoms with Gasteiger partial charge in [-0.3, -0.25) is 4.79 Å². The van der Waals surface area contributed by atoms with E-state index in [0.717, 1.165) is 22.4 Å². The van der Waals surface area contributed by atoms with Gasteiger partial charge in [0.1, 0.15) is 0 Å². The second-order valence-corrected chi connectivity index (χ2v) is 6.34. The zero-order valence-electron chi connectivity index (χ0n) is 15.0. The van der Waals surface area contributed by atoms with Crippen molar-refractivity contribution in [2.24, 2.45) is 5.73 Å². The van der Waals surface area contributed by atoms with Crippen molar-refractivity contribution >= 4 is 49.0 Å². The maximum absolute atomic E-state index is 12.5. The number of benzene rings is 2. The van der Waals surface area contributed by atoms with Crippen LogP contribution in [0.4, 0.5) is 5.69 Å². The SMILES string of the molecule is Cc1cccc(NC(=O)c2cccc(CNCC(N)CS)c2)c1C.Cl.Cl. The highest BCUT2D eigenvalue weighted by molar-refractivity contribution is 7.80. The zero-order valence-corrected chi connectivity index (χ0v) is 17.5. The van der Waals surface area contributed by atoms with Crippen LogP contribution in [0, 0.1) is 13.8 Å². The van der Waals surface area contributed by atoms with Crippen LogP contribution in [0.2, 0.25) is 0 Å². The monoisotopic (exact) mass is 415 g/mol. The van der Waals surface area contributed by atoms with Gasteiger partial charge in [0.2, 0.25) is 0 Å². The van der Waals surface area contributed by atoms with E-state index in [0.29, 0.717) is 24.4 Å². The zero-order chi connectivity index (χ0) is 17.5. The van der Waals surface area contributed by atoms with E-state index in [9.17, 15) is 4.79 Å². The third kappa shape index (κ3) is 7.17. The maximum Gasteiger partial charge on any atom is 0.255 e. The van der Waals surface area contributed by atoms with E-state index in [1.165, 1.54) is 0 Å². The van der Waals surface area contributed by atoms with Gasteiger partial charge in [-0.2, -0.15) is 12.6 Å². The Kier molecular flexibility index (Phi) is 11.6. The number of rotatable bonds is 7. The first-order valence-corrected chi connectivity index (χ1v) is 8.68. The van der Waals surface area contributed by atoms with Gasteiger partial charge in [-0.05, 0) is 48.7 Å². The molecule has 0 aromatic heterocycles. The predicted molar refractivity (Wildman–Crippen MR) is 118 cm³/mol. The molecule has 144 valence electrons. The van der Waals surface area contributed by atoms with Crippen molar-refractivity contribution in [3.05, 3.63) is 64.7 Å². The summed E-state index contributed by atoms with van der Waals surface area (Å²) in [5.74, 6) is 0.545. The Morgan fingerprint density at radius 1 is 1.15 bits per heavy atom. The average Bonchev–Trinajstić information content (AvgIpc) is 2.59. The largest absolute Gasteiger partial charge is 0.326 e. The summed E-state index contributed by atoms with van der Waals surface area (Å²) < 4.78 is 0. The summed E-state index contributed by atoms with van der Waals surface area (Å²) in [7, 11) is 0. The number of carbonyl (C=O) groups is 1. The minimum atomic E-state index is -0.0994. The van der Waals surface area contributed by atoms with Crippen molar-refractivity contribution in [1.29, 1.82) is 0 Å². The highest BCUT2D eigenvalue weighted by atomic mass is 35.5. The number of carbonyl (C=O) groups excluding carboxylic acids is 1. The first-order chi connectivity index (χ1) is 11.5. The second kappa shape index (κ2) is 12.2. The first kappa shape index (κ1) is 24.8. The molecule has 7 heteroatoms. The Hall–Kier alpha value is -1.24. The molecule has 0 saturated carbocycles. The lowest BCUT2D eigenvalue weighted by molar-refractivity contribution is 0.102. The molecule has 0 saturated heterocycles. The molecule has 1 amide bonds. The lowest BCUT2D eigenvalue weighted by Gasteiger charge is -2.12. The van der Waals surface area contributed by atoms with Gasteiger partial charge >= 0.3 is 0 Å². The van der Waals surface area contributed by atoms with Gasteiger partial charge in [-0.15, -0.1) is 24.8 Å². The summed E-state index contributed by atoms with van der Waals surface area (Å²) in [4.78, 5) is 12.5. The van der Waals surface area contributed by atoms with Crippen molar-refractivity contribution in [2.45, 2.75) is 26.4 Å². The summed E-state index contributed by atoms with van der Waals surface area (Å²) in [5.41, 5.74) is 10.6. The molecule has 26 heavy (non-hydrogen) atoms. The van der Waals surface area contributed by atoms with Crippen molar-refractivity contribution in [3.8, 4) is 0 Å². The molecular weight excluding hydrogens is 389 g/mol.